The van der Waals surface area contributed by atoms with Crippen LogP contribution in [0.25, 0.3) is 0 Å². The van der Waals surface area contributed by atoms with Gasteiger partial charge in [-0.2, -0.15) is 0 Å². The largest absolute Gasteiger partial charge is 0.486 e. The van der Waals surface area contributed by atoms with Gasteiger partial charge in [-0.3, -0.25) is 14.4 Å². The maximum absolute atomic E-state index is 12.9. The number of piperidine rings is 1. The van der Waals surface area contributed by atoms with Crippen LogP contribution in [0, 0.1) is 6.92 Å². The fourth-order valence-electron chi connectivity index (χ4n) is 4.84. The fraction of sp³-hybridized carbons (Fsp3) is 0.375. The normalized spacial score (nSPS) is 21.6. The highest BCUT2D eigenvalue weighted by molar-refractivity contribution is 6.01. The van der Waals surface area contributed by atoms with Gasteiger partial charge in [-0.15, -0.1) is 0 Å². The number of ketones is 1. The van der Waals surface area contributed by atoms with Crippen molar-refractivity contribution in [3.8, 4) is 5.75 Å². The number of hydrogen-bond donors (Lipinski definition) is 1. The van der Waals surface area contributed by atoms with E-state index in [2.05, 4.69) is 5.32 Å². The molecule has 3 aliphatic rings. The summed E-state index contributed by atoms with van der Waals surface area (Å²) in [4.78, 5) is 39.5. The number of Topliss-reactive ketones (excluding diaryl/α,β-unsaturated/α-hetero) is 1. The number of ether oxygens (including phenoxy) is 1. The number of carbonyl (C=O) groups excluding carboxylic acids is 3. The summed E-state index contributed by atoms with van der Waals surface area (Å²) in [6, 6.07) is 12.8. The molecule has 1 unspecified atom stereocenters. The Balaban J connectivity index is 1.24. The molecule has 1 saturated heterocycles. The molecule has 2 aromatic carbocycles. The van der Waals surface area contributed by atoms with Gasteiger partial charge in [-0.05, 0) is 30.7 Å². The van der Waals surface area contributed by atoms with Crippen LogP contribution in [0.5, 0.6) is 5.75 Å². The van der Waals surface area contributed by atoms with Gasteiger partial charge >= 0.3 is 0 Å². The van der Waals surface area contributed by atoms with E-state index in [4.69, 9.17) is 4.74 Å². The van der Waals surface area contributed by atoms with Crippen molar-refractivity contribution >= 4 is 17.6 Å². The van der Waals surface area contributed by atoms with Gasteiger partial charge in [-0.1, -0.05) is 29.8 Å². The summed E-state index contributed by atoms with van der Waals surface area (Å²) in [5.74, 6) is 0.668. The Labute approximate surface area is 175 Å². The van der Waals surface area contributed by atoms with E-state index in [0.717, 1.165) is 11.1 Å². The average Bonchev–Trinajstić information content (AvgIpc) is 3.05. The van der Waals surface area contributed by atoms with Crippen molar-refractivity contribution in [3.63, 3.8) is 0 Å². The van der Waals surface area contributed by atoms with E-state index in [1.807, 2.05) is 48.2 Å². The van der Waals surface area contributed by atoms with Crippen LogP contribution < -0.4 is 10.1 Å². The van der Waals surface area contributed by atoms with Crippen molar-refractivity contribution in [1.29, 1.82) is 0 Å². The van der Waals surface area contributed by atoms with Gasteiger partial charge in [0.2, 0.25) is 5.91 Å². The molecule has 6 heteroatoms. The number of fused-ring (bicyclic) bond motifs is 2. The fourth-order valence-corrected chi connectivity index (χ4v) is 4.84. The Kier molecular flexibility index (Phi) is 4.38. The molecule has 30 heavy (non-hydrogen) atoms. The minimum atomic E-state index is -0.524. The van der Waals surface area contributed by atoms with Crippen molar-refractivity contribution in [2.24, 2.45) is 0 Å². The lowest BCUT2D eigenvalue weighted by Gasteiger charge is -2.44. The summed E-state index contributed by atoms with van der Waals surface area (Å²) in [6.45, 7) is 3.07. The second-order valence-corrected chi connectivity index (χ2v) is 8.58. The van der Waals surface area contributed by atoms with Crippen LogP contribution in [-0.4, -0.2) is 41.2 Å². The number of nitrogens with zero attached hydrogens (tertiary/aromatic N) is 1. The monoisotopic (exact) mass is 404 g/mol. The van der Waals surface area contributed by atoms with Gasteiger partial charge in [0, 0.05) is 31.5 Å². The molecule has 0 aromatic heterocycles. The Bertz CT molecular complexity index is 1050. The van der Waals surface area contributed by atoms with Crippen molar-refractivity contribution in [1.82, 2.24) is 10.2 Å². The lowest BCUT2D eigenvalue weighted by molar-refractivity contribution is -0.135. The predicted octanol–water partition coefficient (Wildman–Crippen LogP) is 3.20. The van der Waals surface area contributed by atoms with E-state index >= 15 is 0 Å². The highest BCUT2D eigenvalue weighted by Gasteiger charge is 2.44. The standard InChI is InChI=1S/C24H24N2O4/c1-15-6-7-21-18(12-15)20(27)14-24(30-21)8-10-26(11-9-24)22(28)13-19-16-4-2-3-5-17(16)23(29)25-19/h2-7,12,19H,8-11,13-14H2,1H3,(H,25,29). The topological polar surface area (TPSA) is 75.7 Å². The van der Waals surface area contributed by atoms with Gasteiger partial charge in [-0.25, -0.2) is 0 Å². The number of rotatable bonds is 2. The van der Waals surface area contributed by atoms with Gasteiger partial charge in [0.1, 0.15) is 11.4 Å². The molecule has 0 aliphatic carbocycles. The number of carbonyl (C=O) groups is 3. The number of aryl methyl sites for hydroxylation is 1. The zero-order valence-corrected chi connectivity index (χ0v) is 16.9. The second kappa shape index (κ2) is 6.97. The summed E-state index contributed by atoms with van der Waals surface area (Å²) >= 11 is 0. The number of benzene rings is 2. The first-order valence-electron chi connectivity index (χ1n) is 10.4. The molecule has 1 atom stereocenters. The summed E-state index contributed by atoms with van der Waals surface area (Å²) in [5, 5.41) is 2.91. The third-order valence-electron chi connectivity index (χ3n) is 6.54. The van der Waals surface area contributed by atoms with Crippen LogP contribution in [0.4, 0.5) is 0 Å². The first-order valence-corrected chi connectivity index (χ1v) is 10.4. The minimum Gasteiger partial charge on any atom is -0.486 e. The molecule has 6 nitrogen and oxygen atoms in total. The smallest absolute Gasteiger partial charge is 0.252 e. The van der Waals surface area contributed by atoms with Crippen molar-refractivity contribution in [3.05, 3.63) is 64.7 Å². The lowest BCUT2D eigenvalue weighted by Crippen LogP contribution is -2.52. The summed E-state index contributed by atoms with van der Waals surface area (Å²) < 4.78 is 6.29. The lowest BCUT2D eigenvalue weighted by atomic mass is 9.82. The summed E-state index contributed by atoms with van der Waals surface area (Å²) in [6.07, 6.45) is 1.87. The van der Waals surface area contributed by atoms with E-state index in [1.165, 1.54) is 0 Å². The summed E-state index contributed by atoms with van der Waals surface area (Å²) in [7, 11) is 0. The SMILES string of the molecule is Cc1ccc2c(c1)C(=O)CC1(CCN(C(=O)CC3NC(=O)c4ccccc43)CC1)O2. The highest BCUT2D eigenvalue weighted by Crippen LogP contribution is 2.40. The van der Waals surface area contributed by atoms with E-state index in [1.54, 1.807) is 6.07 Å². The quantitative estimate of drug-likeness (QED) is 0.834. The van der Waals surface area contributed by atoms with E-state index in [0.29, 0.717) is 49.2 Å². The van der Waals surface area contributed by atoms with Crippen LogP contribution in [0.15, 0.2) is 42.5 Å². The zero-order chi connectivity index (χ0) is 20.9. The molecule has 2 aromatic rings. The number of amides is 2. The van der Waals surface area contributed by atoms with Gasteiger partial charge in [0.05, 0.1) is 24.4 Å². The number of hydrogen-bond acceptors (Lipinski definition) is 4. The van der Waals surface area contributed by atoms with Crippen molar-refractivity contribution < 1.29 is 19.1 Å². The zero-order valence-electron chi connectivity index (χ0n) is 16.9. The second-order valence-electron chi connectivity index (χ2n) is 8.58. The molecular formula is C24H24N2O4. The van der Waals surface area contributed by atoms with Crippen LogP contribution in [0.3, 0.4) is 0 Å². The molecule has 5 rings (SSSR count). The molecule has 1 spiro atoms. The maximum Gasteiger partial charge on any atom is 0.252 e. The van der Waals surface area contributed by atoms with E-state index in [-0.39, 0.29) is 30.1 Å². The van der Waals surface area contributed by atoms with Crippen molar-refractivity contribution in [2.45, 2.75) is 44.2 Å². The maximum atomic E-state index is 12.9. The van der Waals surface area contributed by atoms with Crippen LogP contribution >= 0.6 is 0 Å². The predicted molar refractivity (Wildman–Crippen MR) is 111 cm³/mol. The molecule has 0 bridgehead atoms. The number of likely N-dealkylation sites (tertiary alicyclic amines) is 1. The third kappa shape index (κ3) is 3.16. The molecule has 1 fully saturated rings. The summed E-state index contributed by atoms with van der Waals surface area (Å²) in [5.41, 5.74) is 2.72. The van der Waals surface area contributed by atoms with Crippen molar-refractivity contribution in [2.75, 3.05) is 13.1 Å². The highest BCUT2D eigenvalue weighted by atomic mass is 16.5. The van der Waals surface area contributed by atoms with Crippen LogP contribution in [-0.2, 0) is 4.79 Å². The molecule has 154 valence electrons. The molecule has 0 saturated carbocycles. The van der Waals surface area contributed by atoms with Gasteiger partial charge in [0.25, 0.3) is 5.91 Å². The van der Waals surface area contributed by atoms with Crippen LogP contribution in [0.1, 0.15) is 63.6 Å². The van der Waals surface area contributed by atoms with E-state index < -0.39 is 5.60 Å². The molecule has 3 heterocycles. The molecule has 0 radical (unpaired) electrons. The first-order chi connectivity index (χ1) is 14.4. The first kappa shape index (κ1) is 18.9. The van der Waals surface area contributed by atoms with Gasteiger partial charge < -0.3 is 15.0 Å². The minimum absolute atomic E-state index is 0.0185. The molecule has 1 N–H and O–H groups in total. The molecule has 2 amide bonds. The van der Waals surface area contributed by atoms with E-state index in [9.17, 15) is 14.4 Å². The van der Waals surface area contributed by atoms with Gasteiger partial charge in [0.15, 0.2) is 5.78 Å². The van der Waals surface area contributed by atoms with Crippen LogP contribution in [0.2, 0.25) is 0 Å². The Morgan fingerprint density at radius 1 is 1.13 bits per heavy atom. The Morgan fingerprint density at radius 3 is 2.70 bits per heavy atom. The Morgan fingerprint density at radius 2 is 1.90 bits per heavy atom. The third-order valence-corrected chi connectivity index (χ3v) is 6.54. The average molecular weight is 404 g/mol. The molecule has 3 aliphatic heterocycles. The number of nitrogens with one attached hydrogen (secondary N) is 1. The molecular weight excluding hydrogens is 380 g/mol. The Hall–Kier alpha value is -3.15.